The number of ether oxygens (including phenoxy) is 1. The number of nitrogens with zero attached hydrogens (tertiary/aromatic N) is 2. The van der Waals surface area contributed by atoms with Crippen molar-refractivity contribution in [2.24, 2.45) is 0 Å². The minimum atomic E-state index is -3.62. The van der Waals surface area contributed by atoms with Crippen LogP contribution in [-0.2, 0) is 10.0 Å². The number of nitrogens with one attached hydrogen (secondary N) is 1. The molecule has 1 aliphatic heterocycles. The first-order valence-electron chi connectivity index (χ1n) is 11.4. The first-order valence-corrected chi connectivity index (χ1v) is 13.3. The molecule has 1 saturated heterocycles. The van der Waals surface area contributed by atoms with Crippen LogP contribution in [0.25, 0.3) is 11.1 Å². The largest absolute Gasteiger partial charge is 0.494 e. The second-order valence-electron chi connectivity index (χ2n) is 8.32. The van der Waals surface area contributed by atoms with Crippen LogP contribution in [-0.4, -0.2) is 44.0 Å². The first-order chi connectivity index (χ1) is 16.5. The fourth-order valence-corrected chi connectivity index (χ4v) is 6.06. The molecule has 34 heavy (non-hydrogen) atoms. The zero-order valence-corrected chi connectivity index (χ0v) is 20.4. The van der Waals surface area contributed by atoms with Gasteiger partial charge in [-0.2, -0.15) is 9.98 Å². The van der Waals surface area contributed by atoms with Crippen molar-refractivity contribution in [2.45, 2.75) is 31.8 Å². The minimum Gasteiger partial charge on any atom is -0.494 e. The summed E-state index contributed by atoms with van der Waals surface area (Å²) >= 11 is 5.24. The Morgan fingerprint density at radius 2 is 1.82 bits per heavy atom. The van der Waals surface area contributed by atoms with Gasteiger partial charge < -0.3 is 4.74 Å². The van der Waals surface area contributed by atoms with Gasteiger partial charge in [0, 0.05) is 17.8 Å². The maximum atomic E-state index is 12.8. The highest BCUT2D eigenvalue weighted by Crippen LogP contribution is 2.24. The first kappa shape index (κ1) is 24.3. The van der Waals surface area contributed by atoms with Crippen LogP contribution in [0.5, 0.6) is 5.75 Å². The Labute approximate surface area is 206 Å². The lowest BCUT2D eigenvalue weighted by Gasteiger charge is -2.26. The van der Waals surface area contributed by atoms with Crippen molar-refractivity contribution in [3.63, 3.8) is 0 Å². The molecule has 4 rings (SSSR count). The van der Waals surface area contributed by atoms with Crippen molar-refractivity contribution in [1.82, 2.24) is 9.62 Å². The van der Waals surface area contributed by atoms with Crippen LogP contribution < -0.4 is 9.46 Å². The van der Waals surface area contributed by atoms with E-state index in [2.05, 4.69) is 15.7 Å². The normalized spacial score (nSPS) is 18.5. The van der Waals surface area contributed by atoms with Gasteiger partial charge in [-0.25, -0.2) is 8.42 Å². The Hall–Kier alpha value is -2.83. The van der Waals surface area contributed by atoms with E-state index in [9.17, 15) is 8.42 Å². The standard InChI is InChI=1S/C26H27N3O3S2/c27-19-20-8-10-21(11-9-20)22-12-14-23(15-13-22)32-18-4-17-29-16-3-7-26(29)28-34(30,31)25-6-2-1-5-24(25)33/h1-2,6,8-15,26,28H,3-5,7,16-18H2. The molecule has 1 heterocycles. The molecule has 0 bridgehead atoms. The van der Waals surface area contributed by atoms with Crippen LogP contribution >= 0.6 is 12.2 Å². The van der Waals surface area contributed by atoms with Gasteiger partial charge in [-0.3, -0.25) is 4.90 Å². The average Bonchev–Trinajstić information content (AvgIpc) is 3.28. The third-order valence-electron chi connectivity index (χ3n) is 5.97. The maximum absolute atomic E-state index is 12.8. The SMILES string of the molecule is N#Cc1ccc(-c2ccc(OCCCN3CCCC3NS(=O)(=O)C3=CC=CCC3=S)cc2)cc1. The number of rotatable bonds is 9. The van der Waals surface area contributed by atoms with E-state index in [1.807, 2.05) is 54.6 Å². The number of hydrogen-bond donors (Lipinski definition) is 1. The highest BCUT2D eigenvalue weighted by Gasteiger charge is 2.31. The van der Waals surface area contributed by atoms with Gasteiger partial charge in [-0.1, -0.05) is 48.6 Å². The van der Waals surface area contributed by atoms with Gasteiger partial charge >= 0.3 is 0 Å². The summed E-state index contributed by atoms with van der Waals surface area (Å²) in [6.07, 6.45) is 7.98. The predicted octanol–water partition coefficient (Wildman–Crippen LogP) is 4.55. The second kappa shape index (κ2) is 11.1. The molecule has 2 aromatic rings. The zero-order valence-electron chi connectivity index (χ0n) is 18.8. The fraction of sp³-hybridized carbons (Fsp3) is 0.308. The zero-order chi connectivity index (χ0) is 24.0. The molecule has 0 aromatic heterocycles. The lowest BCUT2D eigenvalue weighted by Crippen LogP contribution is -2.45. The molecule has 1 unspecified atom stereocenters. The summed E-state index contributed by atoms with van der Waals surface area (Å²) in [5.41, 5.74) is 2.75. The van der Waals surface area contributed by atoms with Crippen LogP contribution in [0.1, 0.15) is 31.2 Å². The van der Waals surface area contributed by atoms with E-state index in [0.29, 0.717) is 23.5 Å². The molecule has 2 aliphatic rings. The molecule has 2 aromatic carbocycles. The number of hydrogen-bond acceptors (Lipinski definition) is 6. The molecule has 176 valence electrons. The molecule has 1 N–H and O–H groups in total. The third-order valence-corrected chi connectivity index (χ3v) is 8.03. The van der Waals surface area contributed by atoms with Crippen molar-refractivity contribution < 1.29 is 13.2 Å². The van der Waals surface area contributed by atoms with E-state index in [0.717, 1.165) is 49.2 Å². The minimum absolute atomic E-state index is 0.213. The van der Waals surface area contributed by atoms with E-state index in [1.165, 1.54) is 0 Å². The summed E-state index contributed by atoms with van der Waals surface area (Å²) in [7, 11) is -3.62. The molecule has 1 atom stereocenters. The number of nitriles is 1. The van der Waals surface area contributed by atoms with E-state index < -0.39 is 10.0 Å². The van der Waals surface area contributed by atoms with Gasteiger partial charge in [0.2, 0.25) is 10.0 Å². The molecule has 0 spiro atoms. The molecule has 0 saturated carbocycles. The Kier molecular flexibility index (Phi) is 7.91. The van der Waals surface area contributed by atoms with Gasteiger partial charge in [0.05, 0.1) is 29.3 Å². The smallest absolute Gasteiger partial charge is 0.243 e. The molecular weight excluding hydrogens is 466 g/mol. The predicted molar refractivity (Wildman–Crippen MR) is 138 cm³/mol. The lowest BCUT2D eigenvalue weighted by atomic mass is 10.0. The molecule has 0 amide bonds. The van der Waals surface area contributed by atoms with Crippen LogP contribution in [0.2, 0.25) is 0 Å². The van der Waals surface area contributed by atoms with E-state index >= 15 is 0 Å². The summed E-state index contributed by atoms with van der Waals surface area (Å²) < 4.78 is 34.4. The average molecular weight is 494 g/mol. The highest BCUT2D eigenvalue weighted by atomic mass is 32.2. The van der Waals surface area contributed by atoms with Crippen LogP contribution in [0.4, 0.5) is 0 Å². The summed E-state index contributed by atoms with van der Waals surface area (Å²) in [5, 5.41) is 8.93. The Balaban J connectivity index is 1.25. The van der Waals surface area contributed by atoms with Crippen LogP contribution in [0, 0.1) is 11.3 Å². The summed E-state index contributed by atoms with van der Waals surface area (Å²) in [5.74, 6) is 0.793. The van der Waals surface area contributed by atoms with Crippen molar-refractivity contribution in [1.29, 1.82) is 5.26 Å². The number of benzene rings is 2. The van der Waals surface area contributed by atoms with E-state index in [1.54, 1.807) is 12.2 Å². The maximum Gasteiger partial charge on any atom is 0.243 e. The molecule has 6 nitrogen and oxygen atoms in total. The second-order valence-corrected chi connectivity index (χ2v) is 10.5. The number of sulfonamides is 1. The topological polar surface area (TPSA) is 82.4 Å². The van der Waals surface area contributed by atoms with Crippen LogP contribution in [0.3, 0.4) is 0 Å². The van der Waals surface area contributed by atoms with Gasteiger partial charge in [-0.15, -0.1) is 0 Å². The summed E-state index contributed by atoms with van der Waals surface area (Å²) in [4.78, 5) is 2.83. The Morgan fingerprint density at radius 3 is 2.50 bits per heavy atom. The Bertz CT molecular complexity index is 1230. The monoisotopic (exact) mass is 493 g/mol. The van der Waals surface area contributed by atoms with Crippen molar-refractivity contribution in [3.8, 4) is 22.9 Å². The summed E-state index contributed by atoms with van der Waals surface area (Å²) in [6.45, 7) is 2.15. The van der Waals surface area contributed by atoms with Gasteiger partial charge in [-0.05, 0) is 67.3 Å². The number of likely N-dealkylation sites (tertiary alicyclic amines) is 1. The molecule has 0 radical (unpaired) electrons. The molecule has 8 heteroatoms. The quantitative estimate of drug-likeness (QED) is 0.408. The highest BCUT2D eigenvalue weighted by molar-refractivity contribution is 7.96. The van der Waals surface area contributed by atoms with Crippen molar-refractivity contribution in [3.05, 3.63) is 77.2 Å². The summed E-state index contributed by atoms with van der Waals surface area (Å²) in [6, 6.07) is 17.5. The molecule has 1 fully saturated rings. The Morgan fingerprint density at radius 1 is 1.12 bits per heavy atom. The lowest BCUT2D eigenvalue weighted by molar-refractivity contribution is 0.214. The molecular formula is C26H27N3O3S2. The van der Waals surface area contributed by atoms with Gasteiger partial charge in [0.1, 0.15) is 5.75 Å². The van der Waals surface area contributed by atoms with E-state index in [-0.39, 0.29) is 11.1 Å². The van der Waals surface area contributed by atoms with E-state index in [4.69, 9.17) is 22.2 Å². The van der Waals surface area contributed by atoms with Gasteiger partial charge in [0.25, 0.3) is 0 Å². The van der Waals surface area contributed by atoms with Crippen LogP contribution in [0.15, 0.2) is 71.7 Å². The van der Waals surface area contributed by atoms with Gasteiger partial charge in [0.15, 0.2) is 0 Å². The molecule has 1 aliphatic carbocycles. The van der Waals surface area contributed by atoms with Crippen molar-refractivity contribution in [2.75, 3.05) is 19.7 Å². The third kappa shape index (κ3) is 5.99. The van der Waals surface area contributed by atoms with Crippen molar-refractivity contribution >= 4 is 27.1 Å². The number of thiocarbonyl (C=S) groups is 1. The fourth-order valence-electron chi connectivity index (χ4n) is 4.17. The number of allylic oxidation sites excluding steroid dienone is 4.